The Morgan fingerprint density at radius 1 is 1.28 bits per heavy atom. The first kappa shape index (κ1) is 17.2. The molecule has 0 unspecified atom stereocenters. The summed E-state index contributed by atoms with van der Waals surface area (Å²) in [6.45, 7) is 1.79. The molecule has 25 heavy (non-hydrogen) atoms. The Morgan fingerprint density at radius 2 is 2.08 bits per heavy atom. The van der Waals surface area contributed by atoms with Gasteiger partial charge in [0, 0.05) is 18.1 Å². The number of hydrogen-bond acceptors (Lipinski definition) is 5. The van der Waals surface area contributed by atoms with Crippen LogP contribution in [0.4, 0.5) is 0 Å². The molecule has 0 saturated heterocycles. The minimum Gasteiger partial charge on any atom is -0.481 e. The van der Waals surface area contributed by atoms with Crippen molar-refractivity contribution in [1.29, 1.82) is 0 Å². The maximum absolute atomic E-state index is 12.2. The van der Waals surface area contributed by atoms with Crippen molar-refractivity contribution in [3.63, 3.8) is 0 Å². The second-order valence-electron chi connectivity index (χ2n) is 5.64. The Hall–Kier alpha value is -2.60. The fraction of sp³-hybridized carbons (Fsp3) is 0.278. The summed E-state index contributed by atoms with van der Waals surface area (Å²) in [5.74, 6) is 0.744. The molecule has 0 aliphatic rings. The topological polar surface area (TPSA) is 66.2 Å². The standard InChI is InChI=1S/C18H18ClN3O3/c1-11(18-21-14-9-12(19)7-8-15(14)22(18)2)25-17(23)10-13-5-4-6-16(20-13)24-3/h4-9,11H,10H2,1-3H3/t11-/m0/s1. The van der Waals surface area contributed by atoms with E-state index in [-0.39, 0.29) is 12.4 Å². The second-order valence-corrected chi connectivity index (χ2v) is 6.08. The summed E-state index contributed by atoms with van der Waals surface area (Å²) in [5.41, 5.74) is 2.28. The Labute approximate surface area is 150 Å². The number of rotatable bonds is 5. The number of hydrogen-bond donors (Lipinski definition) is 0. The van der Waals surface area contributed by atoms with Gasteiger partial charge >= 0.3 is 5.97 Å². The lowest BCUT2D eigenvalue weighted by Gasteiger charge is -2.13. The minimum absolute atomic E-state index is 0.0668. The number of halogens is 1. The Kier molecular flexibility index (Phi) is 4.90. The fourth-order valence-electron chi connectivity index (χ4n) is 2.66. The highest BCUT2D eigenvalue weighted by molar-refractivity contribution is 6.31. The first-order valence-electron chi connectivity index (χ1n) is 7.79. The number of ether oxygens (including phenoxy) is 2. The SMILES string of the molecule is COc1cccc(CC(=O)O[C@@H](C)c2nc3cc(Cl)ccc3n2C)n1. The van der Waals surface area contributed by atoms with Gasteiger partial charge in [-0.3, -0.25) is 4.79 Å². The zero-order valence-corrected chi connectivity index (χ0v) is 14.9. The van der Waals surface area contributed by atoms with Gasteiger partial charge in [0.1, 0.15) is 0 Å². The maximum atomic E-state index is 12.2. The average molecular weight is 360 g/mol. The van der Waals surface area contributed by atoms with Crippen LogP contribution in [0.5, 0.6) is 5.88 Å². The number of aromatic nitrogens is 3. The molecule has 7 heteroatoms. The Morgan fingerprint density at radius 3 is 2.84 bits per heavy atom. The van der Waals surface area contributed by atoms with Crippen LogP contribution in [0.15, 0.2) is 36.4 Å². The summed E-state index contributed by atoms with van der Waals surface area (Å²) in [6, 6.07) is 10.7. The van der Waals surface area contributed by atoms with Gasteiger partial charge in [0.05, 0.1) is 30.3 Å². The average Bonchev–Trinajstić information content (AvgIpc) is 2.91. The van der Waals surface area contributed by atoms with Crippen molar-refractivity contribution in [2.75, 3.05) is 7.11 Å². The van der Waals surface area contributed by atoms with Crippen LogP contribution in [0.2, 0.25) is 5.02 Å². The number of esters is 1. The van der Waals surface area contributed by atoms with Crippen LogP contribution < -0.4 is 4.74 Å². The molecule has 2 aromatic heterocycles. The zero-order chi connectivity index (χ0) is 18.0. The van der Waals surface area contributed by atoms with Crippen LogP contribution in [0.25, 0.3) is 11.0 Å². The molecule has 1 atom stereocenters. The fourth-order valence-corrected chi connectivity index (χ4v) is 2.83. The van der Waals surface area contributed by atoms with Gasteiger partial charge in [0.15, 0.2) is 11.9 Å². The molecule has 0 amide bonds. The zero-order valence-electron chi connectivity index (χ0n) is 14.2. The van der Waals surface area contributed by atoms with Crippen molar-refractivity contribution in [1.82, 2.24) is 14.5 Å². The predicted molar refractivity (Wildman–Crippen MR) is 94.7 cm³/mol. The summed E-state index contributed by atoms with van der Waals surface area (Å²) in [6.07, 6.45) is -0.425. The Bertz CT molecular complexity index is 923. The first-order chi connectivity index (χ1) is 12.0. The van der Waals surface area contributed by atoms with E-state index in [4.69, 9.17) is 21.1 Å². The van der Waals surface area contributed by atoms with Gasteiger partial charge in [-0.25, -0.2) is 9.97 Å². The van der Waals surface area contributed by atoms with Crippen LogP contribution in [0.1, 0.15) is 24.5 Å². The largest absolute Gasteiger partial charge is 0.481 e. The molecular weight excluding hydrogens is 342 g/mol. The highest BCUT2D eigenvalue weighted by Crippen LogP contribution is 2.24. The monoisotopic (exact) mass is 359 g/mol. The number of imidazole rings is 1. The predicted octanol–water partition coefficient (Wildman–Crippen LogP) is 3.48. The third kappa shape index (κ3) is 3.74. The van der Waals surface area contributed by atoms with Crippen LogP contribution in [0, 0.1) is 0 Å². The number of nitrogens with zero attached hydrogens (tertiary/aromatic N) is 3. The van der Waals surface area contributed by atoms with E-state index in [2.05, 4.69) is 9.97 Å². The van der Waals surface area contributed by atoms with E-state index in [0.717, 1.165) is 11.0 Å². The summed E-state index contributed by atoms with van der Waals surface area (Å²) < 4.78 is 12.5. The van der Waals surface area contributed by atoms with Gasteiger partial charge < -0.3 is 14.0 Å². The van der Waals surface area contributed by atoms with E-state index < -0.39 is 6.10 Å². The maximum Gasteiger partial charge on any atom is 0.312 e. The van der Waals surface area contributed by atoms with Gasteiger partial charge in [0.25, 0.3) is 0 Å². The summed E-state index contributed by atoms with van der Waals surface area (Å²) in [5, 5.41) is 0.617. The summed E-state index contributed by atoms with van der Waals surface area (Å²) >= 11 is 6.01. The highest BCUT2D eigenvalue weighted by Gasteiger charge is 2.19. The van der Waals surface area contributed by atoms with Crippen molar-refractivity contribution < 1.29 is 14.3 Å². The van der Waals surface area contributed by atoms with Crippen LogP contribution >= 0.6 is 11.6 Å². The third-order valence-corrected chi connectivity index (χ3v) is 4.10. The molecule has 0 N–H and O–H groups in total. The lowest BCUT2D eigenvalue weighted by molar-refractivity contribution is -0.148. The normalized spacial score (nSPS) is 12.2. The number of pyridine rings is 1. The van der Waals surface area contributed by atoms with E-state index in [1.54, 1.807) is 37.3 Å². The van der Waals surface area contributed by atoms with Gasteiger partial charge in [-0.15, -0.1) is 0 Å². The van der Waals surface area contributed by atoms with E-state index in [1.807, 2.05) is 17.7 Å². The van der Waals surface area contributed by atoms with Crippen molar-refractivity contribution in [2.45, 2.75) is 19.4 Å². The number of fused-ring (bicyclic) bond motifs is 1. The number of methoxy groups -OCH3 is 1. The van der Waals surface area contributed by atoms with E-state index in [1.165, 1.54) is 7.11 Å². The lowest BCUT2D eigenvalue weighted by atomic mass is 10.2. The van der Waals surface area contributed by atoms with Gasteiger partial charge in [-0.2, -0.15) is 0 Å². The van der Waals surface area contributed by atoms with E-state index in [9.17, 15) is 4.79 Å². The molecule has 0 spiro atoms. The van der Waals surface area contributed by atoms with Gasteiger partial charge in [-0.05, 0) is 31.2 Å². The molecule has 130 valence electrons. The highest BCUT2D eigenvalue weighted by atomic mass is 35.5. The van der Waals surface area contributed by atoms with Crippen molar-refractivity contribution in [3.8, 4) is 5.88 Å². The molecule has 1 aromatic carbocycles. The molecule has 0 radical (unpaired) electrons. The smallest absolute Gasteiger partial charge is 0.312 e. The molecule has 0 fully saturated rings. The van der Waals surface area contributed by atoms with Crippen LogP contribution in [-0.4, -0.2) is 27.6 Å². The van der Waals surface area contributed by atoms with Gasteiger partial charge in [0.2, 0.25) is 5.88 Å². The molecule has 0 aliphatic carbocycles. The van der Waals surface area contributed by atoms with E-state index in [0.29, 0.717) is 22.4 Å². The quantitative estimate of drug-likeness (QED) is 0.652. The number of carbonyl (C=O) groups excluding carboxylic acids is 1. The van der Waals surface area contributed by atoms with Crippen LogP contribution in [-0.2, 0) is 23.0 Å². The van der Waals surface area contributed by atoms with Gasteiger partial charge in [-0.1, -0.05) is 17.7 Å². The molecule has 0 saturated carbocycles. The van der Waals surface area contributed by atoms with E-state index >= 15 is 0 Å². The molecule has 0 bridgehead atoms. The first-order valence-corrected chi connectivity index (χ1v) is 8.17. The lowest BCUT2D eigenvalue weighted by Crippen LogP contribution is -2.15. The number of aryl methyl sites for hydroxylation is 1. The number of carbonyl (C=O) groups is 1. The molecule has 3 aromatic rings. The molecule has 3 rings (SSSR count). The minimum atomic E-state index is -0.491. The summed E-state index contributed by atoms with van der Waals surface area (Å²) in [4.78, 5) is 21.0. The molecule has 6 nitrogen and oxygen atoms in total. The molecular formula is C18H18ClN3O3. The Balaban J connectivity index is 1.74. The van der Waals surface area contributed by atoms with Crippen LogP contribution in [0.3, 0.4) is 0 Å². The molecule has 2 heterocycles. The third-order valence-electron chi connectivity index (χ3n) is 3.87. The molecule has 0 aliphatic heterocycles. The summed E-state index contributed by atoms with van der Waals surface area (Å²) in [7, 11) is 3.41. The second kappa shape index (κ2) is 7.11. The van der Waals surface area contributed by atoms with Crippen molar-refractivity contribution >= 4 is 28.6 Å². The number of benzene rings is 1. The van der Waals surface area contributed by atoms with Crippen molar-refractivity contribution in [2.24, 2.45) is 7.05 Å². The van der Waals surface area contributed by atoms with Crippen molar-refractivity contribution in [3.05, 3.63) is 52.9 Å².